The normalized spacial score (nSPS) is 18.1. The summed E-state index contributed by atoms with van der Waals surface area (Å²) in [7, 11) is 1.60. The molecule has 3 heterocycles. The Balaban J connectivity index is 1.60. The van der Waals surface area contributed by atoms with Crippen molar-refractivity contribution in [3.8, 4) is 0 Å². The number of aromatic nitrogens is 2. The molecule has 2 aromatic heterocycles. The van der Waals surface area contributed by atoms with E-state index in [1.54, 1.807) is 75.0 Å². The van der Waals surface area contributed by atoms with E-state index in [1.165, 1.54) is 4.90 Å². The highest BCUT2D eigenvalue weighted by Gasteiger charge is 2.55. The van der Waals surface area contributed by atoms with Gasteiger partial charge in [0.1, 0.15) is 18.1 Å². The van der Waals surface area contributed by atoms with Crippen LogP contribution in [-0.4, -0.2) is 57.1 Å². The van der Waals surface area contributed by atoms with Crippen molar-refractivity contribution in [2.75, 3.05) is 17.3 Å². The molecule has 1 aliphatic heterocycles. The number of benzene rings is 1. The smallest absolute Gasteiger partial charge is 0.325 e. The topological polar surface area (TPSA) is 128 Å². The zero-order valence-electron chi connectivity index (χ0n) is 21.9. The van der Waals surface area contributed by atoms with Crippen LogP contribution in [0.2, 0.25) is 5.02 Å². The minimum atomic E-state index is -1.02. The third-order valence-corrected chi connectivity index (χ3v) is 6.90. The second-order valence-corrected chi connectivity index (χ2v) is 9.84. The first-order chi connectivity index (χ1) is 18.7. The summed E-state index contributed by atoms with van der Waals surface area (Å²) < 4.78 is 0. The van der Waals surface area contributed by atoms with Crippen LogP contribution in [0.15, 0.2) is 67.1 Å². The SMILES string of the molecule is CC[C@@H](NC(=O)N1C(=O)[C@H](Cc2ccnc(NC(C)O)c2)[C@H]1C(=O)N(C)c1ccncc1)c1cccc(Cl)c1. The molecule has 1 fully saturated rings. The Hall–Kier alpha value is -4.02. The first kappa shape index (κ1) is 28.0. The summed E-state index contributed by atoms with van der Waals surface area (Å²) in [6.45, 7) is 3.48. The summed E-state index contributed by atoms with van der Waals surface area (Å²) in [6.07, 6.45) is 4.65. The number of hydrogen-bond acceptors (Lipinski definition) is 7. The van der Waals surface area contributed by atoms with Crippen LogP contribution in [-0.2, 0) is 16.0 Å². The molecule has 4 amide bonds. The number of imide groups is 1. The third kappa shape index (κ3) is 6.35. The van der Waals surface area contributed by atoms with Crippen LogP contribution in [0.5, 0.6) is 0 Å². The van der Waals surface area contributed by atoms with Crippen molar-refractivity contribution in [3.05, 3.63) is 83.3 Å². The molecule has 1 unspecified atom stereocenters. The Labute approximate surface area is 232 Å². The first-order valence-electron chi connectivity index (χ1n) is 12.7. The predicted octanol–water partition coefficient (Wildman–Crippen LogP) is 3.77. The number of pyridine rings is 2. The molecule has 3 N–H and O–H groups in total. The standard InChI is InChI=1S/C28H31ClN6O4/c1-4-23(19-6-5-7-20(29)16-19)33-28(39)35-25(27(38)34(3)21-9-11-30-12-10-21)22(26(35)37)14-18-8-13-31-24(15-18)32-17(2)36/h5-13,15-17,22-23,25,36H,4,14H2,1-3H3,(H,31,32)(H,33,39)/t17?,22-,23-,25+/m1/s1. The van der Waals surface area contributed by atoms with Crippen molar-refractivity contribution >= 4 is 41.0 Å². The van der Waals surface area contributed by atoms with Gasteiger partial charge in [-0.15, -0.1) is 0 Å². The number of likely N-dealkylation sites (tertiary alicyclic amines) is 1. The van der Waals surface area contributed by atoms with Crippen LogP contribution in [0.25, 0.3) is 0 Å². The van der Waals surface area contributed by atoms with Gasteiger partial charge in [0.25, 0.3) is 5.91 Å². The molecule has 4 atom stereocenters. The van der Waals surface area contributed by atoms with E-state index in [0.717, 1.165) is 16.0 Å². The number of β-lactam (4-membered cyclic amide) rings is 1. The maximum atomic E-state index is 13.7. The Morgan fingerprint density at radius 3 is 2.56 bits per heavy atom. The fraction of sp³-hybridized carbons (Fsp3) is 0.321. The number of carbonyl (C=O) groups excluding carboxylic acids is 3. The Morgan fingerprint density at radius 2 is 1.90 bits per heavy atom. The molecule has 204 valence electrons. The summed E-state index contributed by atoms with van der Waals surface area (Å²) in [4.78, 5) is 51.2. The lowest BCUT2D eigenvalue weighted by Gasteiger charge is -2.46. The summed E-state index contributed by atoms with van der Waals surface area (Å²) in [5.74, 6) is -1.17. The molecule has 0 saturated carbocycles. The van der Waals surface area contributed by atoms with Crippen LogP contribution in [0.4, 0.5) is 16.3 Å². The minimum Gasteiger partial charge on any atom is -0.374 e. The van der Waals surface area contributed by atoms with Gasteiger partial charge in [-0.2, -0.15) is 0 Å². The number of nitrogens with one attached hydrogen (secondary N) is 2. The first-order valence-corrected chi connectivity index (χ1v) is 13.0. The average Bonchev–Trinajstić information content (AvgIpc) is 2.92. The summed E-state index contributed by atoms with van der Waals surface area (Å²) in [5.41, 5.74) is 2.13. The van der Waals surface area contributed by atoms with Crippen molar-refractivity contribution in [2.45, 2.75) is 45.0 Å². The number of urea groups is 1. The largest absolute Gasteiger partial charge is 0.374 e. The van der Waals surface area contributed by atoms with E-state index in [9.17, 15) is 19.5 Å². The molecule has 1 saturated heterocycles. The molecule has 0 aliphatic carbocycles. The van der Waals surface area contributed by atoms with Gasteiger partial charge in [-0.25, -0.2) is 9.78 Å². The number of carbonyl (C=O) groups is 3. The average molecular weight is 551 g/mol. The van der Waals surface area contributed by atoms with Crippen molar-refractivity contribution in [2.24, 2.45) is 5.92 Å². The quantitative estimate of drug-likeness (QED) is 0.273. The molecule has 0 radical (unpaired) electrons. The Morgan fingerprint density at radius 1 is 1.15 bits per heavy atom. The number of halogens is 1. The fourth-order valence-corrected chi connectivity index (χ4v) is 4.86. The lowest BCUT2D eigenvalue weighted by Crippen LogP contribution is -2.70. The van der Waals surface area contributed by atoms with Gasteiger partial charge in [-0.3, -0.25) is 19.5 Å². The van der Waals surface area contributed by atoms with Crippen molar-refractivity contribution < 1.29 is 19.5 Å². The molecular weight excluding hydrogens is 520 g/mol. The van der Waals surface area contributed by atoms with Gasteiger partial charge in [0.2, 0.25) is 5.91 Å². The van der Waals surface area contributed by atoms with E-state index < -0.39 is 42.1 Å². The van der Waals surface area contributed by atoms with Crippen molar-refractivity contribution in [1.29, 1.82) is 0 Å². The highest BCUT2D eigenvalue weighted by molar-refractivity contribution is 6.30. The molecule has 39 heavy (non-hydrogen) atoms. The zero-order valence-corrected chi connectivity index (χ0v) is 22.7. The Bertz CT molecular complexity index is 1340. The van der Waals surface area contributed by atoms with Crippen LogP contribution in [0.1, 0.15) is 37.4 Å². The molecule has 4 rings (SSSR count). The highest BCUT2D eigenvalue weighted by Crippen LogP contribution is 2.33. The van der Waals surface area contributed by atoms with Crippen molar-refractivity contribution in [1.82, 2.24) is 20.2 Å². The van der Waals surface area contributed by atoms with Gasteiger partial charge < -0.3 is 20.6 Å². The monoisotopic (exact) mass is 550 g/mol. The predicted molar refractivity (Wildman–Crippen MR) is 148 cm³/mol. The lowest BCUT2D eigenvalue weighted by atomic mass is 9.81. The number of anilines is 2. The zero-order chi connectivity index (χ0) is 28.1. The van der Waals surface area contributed by atoms with Gasteiger partial charge in [0, 0.05) is 36.3 Å². The van der Waals surface area contributed by atoms with Gasteiger partial charge in [0.05, 0.1) is 12.0 Å². The molecule has 1 aromatic carbocycles. The molecular formula is C28H31ClN6O4. The van der Waals surface area contributed by atoms with E-state index >= 15 is 0 Å². The van der Waals surface area contributed by atoms with E-state index in [4.69, 9.17) is 11.6 Å². The maximum Gasteiger partial charge on any atom is 0.325 e. The molecule has 1 aliphatic rings. The summed E-state index contributed by atoms with van der Waals surface area (Å²) in [5, 5.41) is 15.9. The number of aliphatic hydroxyl groups excluding tert-OH is 1. The van der Waals surface area contributed by atoms with Gasteiger partial charge >= 0.3 is 6.03 Å². The molecule has 0 spiro atoms. The summed E-state index contributed by atoms with van der Waals surface area (Å²) >= 11 is 6.14. The number of aliphatic hydroxyl groups is 1. The third-order valence-electron chi connectivity index (χ3n) is 6.66. The second-order valence-electron chi connectivity index (χ2n) is 9.40. The molecule has 11 heteroatoms. The van der Waals surface area contributed by atoms with Crippen molar-refractivity contribution in [3.63, 3.8) is 0 Å². The van der Waals surface area contributed by atoms with Gasteiger partial charge in [0.15, 0.2) is 0 Å². The number of rotatable bonds is 9. The molecule has 0 bridgehead atoms. The number of hydrogen-bond donors (Lipinski definition) is 3. The Kier molecular flexibility index (Phi) is 8.78. The minimum absolute atomic E-state index is 0.214. The second kappa shape index (κ2) is 12.2. The van der Waals surface area contributed by atoms with Crippen LogP contribution in [0, 0.1) is 5.92 Å². The van der Waals surface area contributed by atoms with E-state index in [1.807, 2.05) is 13.0 Å². The van der Waals surface area contributed by atoms with E-state index in [-0.39, 0.29) is 6.42 Å². The van der Waals surface area contributed by atoms with Crippen LogP contribution < -0.4 is 15.5 Å². The lowest BCUT2D eigenvalue weighted by molar-refractivity contribution is -0.156. The number of likely N-dealkylation sites (N-methyl/N-ethyl adjacent to an activating group) is 1. The van der Waals surface area contributed by atoms with Crippen LogP contribution in [0.3, 0.4) is 0 Å². The number of nitrogens with zero attached hydrogens (tertiary/aromatic N) is 4. The summed E-state index contributed by atoms with van der Waals surface area (Å²) in [6, 6.07) is 11.9. The number of amides is 4. The van der Waals surface area contributed by atoms with E-state index in [0.29, 0.717) is 22.9 Å². The maximum absolute atomic E-state index is 13.7. The van der Waals surface area contributed by atoms with Gasteiger partial charge in [-0.1, -0.05) is 30.7 Å². The molecule has 3 aromatic rings. The fourth-order valence-electron chi connectivity index (χ4n) is 4.66. The van der Waals surface area contributed by atoms with E-state index in [2.05, 4.69) is 20.6 Å². The van der Waals surface area contributed by atoms with Gasteiger partial charge in [-0.05, 0) is 67.3 Å². The highest BCUT2D eigenvalue weighted by atomic mass is 35.5. The molecule has 10 nitrogen and oxygen atoms in total. The van der Waals surface area contributed by atoms with Crippen LogP contribution >= 0.6 is 11.6 Å².